The summed E-state index contributed by atoms with van der Waals surface area (Å²) in [6.07, 6.45) is 4.05. The van der Waals surface area contributed by atoms with Crippen molar-refractivity contribution in [3.63, 3.8) is 0 Å². The maximum absolute atomic E-state index is 12.6. The first kappa shape index (κ1) is 15.9. The standard InChI is InChI=1S/C17H24N4O2/c1-2-20-13-15(10-16(20)22)17(23)21-8-6-19(7-9-21)12-14-4-3-5-18-11-14/h3-5,11,15H,2,6-10,12-13H2,1H3/t15-/m1/s1. The third-order valence-electron chi connectivity index (χ3n) is 4.76. The van der Waals surface area contributed by atoms with Crippen LogP contribution in [0.15, 0.2) is 24.5 Å². The largest absolute Gasteiger partial charge is 0.342 e. The predicted octanol–water partition coefficient (Wildman–Crippen LogP) is 0.594. The fourth-order valence-corrected chi connectivity index (χ4v) is 3.38. The second-order valence-electron chi connectivity index (χ2n) is 6.30. The minimum Gasteiger partial charge on any atom is -0.342 e. The van der Waals surface area contributed by atoms with Crippen LogP contribution < -0.4 is 0 Å². The Bertz CT molecular complexity index is 555. The van der Waals surface area contributed by atoms with Gasteiger partial charge in [0.05, 0.1) is 5.92 Å². The SMILES string of the molecule is CCN1C[C@H](C(=O)N2CCN(Cc3cccnc3)CC2)CC1=O. The third kappa shape index (κ3) is 3.69. The fourth-order valence-electron chi connectivity index (χ4n) is 3.38. The maximum atomic E-state index is 12.6. The molecule has 0 unspecified atom stereocenters. The molecule has 3 heterocycles. The zero-order valence-electron chi connectivity index (χ0n) is 13.6. The number of aromatic nitrogens is 1. The summed E-state index contributed by atoms with van der Waals surface area (Å²) in [6, 6.07) is 4.03. The highest BCUT2D eigenvalue weighted by molar-refractivity contribution is 5.89. The van der Waals surface area contributed by atoms with Crippen LogP contribution in [0.4, 0.5) is 0 Å². The number of hydrogen-bond donors (Lipinski definition) is 0. The molecule has 2 aliphatic rings. The molecule has 0 N–H and O–H groups in total. The van der Waals surface area contributed by atoms with Crippen LogP contribution in [0.2, 0.25) is 0 Å². The van der Waals surface area contributed by atoms with Crippen molar-refractivity contribution >= 4 is 11.8 Å². The van der Waals surface area contributed by atoms with Crippen molar-refractivity contribution in [2.75, 3.05) is 39.3 Å². The highest BCUT2D eigenvalue weighted by atomic mass is 16.2. The van der Waals surface area contributed by atoms with E-state index >= 15 is 0 Å². The van der Waals surface area contributed by atoms with Crippen LogP contribution in [0.1, 0.15) is 18.9 Å². The van der Waals surface area contributed by atoms with Gasteiger partial charge in [-0.25, -0.2) is 0 Å². The highest BCUT2D eigenvalue weighted by Crippen LogP contribution is 2.20. The number of carbonyl (C=O) groups is 2. The van der Waals surface area contributed by atoms with E-state index < -0.39 is 0 Å². The van der Waals surface area contributed by atoms with Crippen molar-refractivity contribution in [3.05, 3.63) is 30.1 Å². The lowest BCUT2D eigenvalue weighted by molar-refractivity contribution is -0.137. The minimum atomic E-state index is -0.146. The molecule has 0 saturated carbocycles. The van der Waals surface area contributed by atoms with Crippen LogP contribution in [-0.2, 0) is 16.1 Å². The summed E-state index contributed by atoms with van der Waals surface area (Å²) in [5.41, 5.74) is 1.20. The van der Waals surface area contributed by atoms with E-state index in [-0.39, 0.29) is 17.7 Å². The van der Waals surface area contributed by atoms with Crippen molar-refractivity contribution in [1.82, 2.24) is 19.7 Å². The second-order valence-corrected chi connectivity index (χ2v) is 6.30. The number of pyridine rings is 1. The molecule has 23 heavy (non-hydrogen) atoms. The topological polar surface area (TPSA) is 56.8 Å². The monoisotopic (exact) mass is 316 g/mol. The normalized spacial score (nSPS) is 22.7. The Morgan fingerprint density at radius 2 is 2.09 bits per heavy atom. The fraction of sp³-hybridized carbons (Fsp3) is 0.588. The summed E-state index contributed by atoms with van der Waals surface area (Å²) in [4.78, 5) is 34.6. The van der Waals surface area contributed by atoms with Gasteiger partial charge >= 0.3 is 0 Å². The van der Waals surface area contributed by atoms with E-state index in [0.717, 1.165) is 32.7 Å². The van der Waals surface area contributed by atoms with Gasteiger partial charge < -0.3 is 9.80 Å². The number of likely N-dealkylation sites (tertiary alicyclic amines) is 1. The maximum Gasteiger partial charge on any atom is 0.228 e. The quantitative estimate of drug-likeness (QED) is 0.816. The van der Waals surface area contributed by atoms with Crippen molar-refractivity contribution in [2.45, 2.75) is 19.9 Å². The molecule has 0 aliphatic carbocycles. The zero-order valence-corrected chi connectivity index (χ0v) is 13.6. The number of rotatable bonds is 4. The average molecular weight is 316 g/mol. The molecule has 1 aromatic heterocycles. The van der Waals surface area contributed by atoms with E-state index in [9.17, 15) is 9.59 Å². The summed E-state index contributed by atoms with van der Waals surface area (Å²) in [7, 11) is 0. The Labute approximate surface area is 137 Å². The lowest BCUT2D eigenvalue weighted by Gasteiger charge is -2.35. The Morgan fingerprint density at radius 1 is 1.30 bits per heavy atom. The summed E-state index contributed by atoms with van der Waals surface area (Å²) in [5.74, 6) is 0.115. The van der Waals surface area contributed by atoms with Crippen LogP contribution >= 0.6 is 0 Å². The molecule has 1 aromatic rings. The van der Waals surface area contributed by atoms with E-state index in [1.165, 1.54) is 5.56 Å². The van der Waals surface area contributed by atoms with Crippen LogP contribution in [0, 0.1) is 5.92 Å². The van der Waals surface area contributed by atoms with Gasteiger partial charge in [-0.1, -0.05) is 6.07 Å². The molecule has 2 amide bonds. The van der Waals surface area contributed by atoms with Gasteiger partial charge in [0, 0.05) is 64.6 Å². The van der Waals surface area contributed by atoms with Gasteiger partial charge in [0.25, 0.3) is 0 Å². The van der Waals surface area contributed by atoms with E-state index in [4.69, 9.17) is 0 Å². The van der Waals surface area contributed by atoms with Gasteiger partial charge in [0.15, 0.2) is 0 Å². The van der Waals surface area contributed by atoms with Crippen molar-refractivity contribution in [2.24, 2.45) is 5.92 Å². The molecule has 2 fully saturated rings. The molecule has 1 atom stereocenters. The summed E-state index contributed by atoms with van der Waals surface area (Å²) >= 11 is 0. The lowest BCUT2D eigenvalue weighted by Crippen LogP contribution is -2.50. The predicted molar refractivity (Wildman–Crippen MR) is 86.5 cm³/mol. The molecule has 0 spiro atoms. The van der Waals surface area contributed by atoms with E-state index in [0.29, 0.717) is 19.5 Å². The van der Waals surface area contributed by atoms with Crippen molar-refractivity contribution in [1.29, 1.82) is 0 Å². The van der Waals surface area contributed by atoms with Crippen molar-refractivity contribution in [3.8, 4) is 0 Å². The number of nitrogens with zero attached hydrogens (tertiary/aromatic N) is 4. The molecule has 0 aromatic carbocycles. The molecule has 124 valence electrons. The molecular weight excluding hydrogens is 292 g/mol. The molecule has 0 radical (unpaired) electrons. The van der Waals surface area contributed by atoms with E-state index in [1.807, 2.05) is 24.1 Å². The van der Waals surface area contributed by atoms with Crippen LogP contribution in [-0.4, -0.2) is 70.8 Å². The highest BCUT2D eigenvalue weighted by Gasteiger charge is 2.36. The molecule has 2 saturated heterocycles. The van der Waals surface area contributed by atoms with Gasteiger partial charge in [-0.05, 0) is 18.6 Å². The van der Waals surface area contributed by atoms with E-state index in [2.05, 4.69) is 16.0 Å². The van der Waals surface area contributed by atoms with Crippen LogP contribution in [0.5, 0.6) is 0 Å². The molecule has 6 heteroatoms. The Hall–Kier alpha value is -1.95. The Kier molecular flexibility index (Phi) is 4.91. The van der Waals surface area contributed by atoms with Gasteiger partial charge in [0.2, 0.25) is 11.8 Å². The number of carbonyl (C=O) groups excluding carboxylic acids is 2. The number of hydrogen-bond acceptors (Lipinski definition) is 4. The van der Waals surface area contributed by atoms with Crippen LogP contribution in [0.25, 0.3) is 0 Å². The van der Waals surface area contributed by atoms with Gasteiger partial charge in [0.1, 0.15) is 0 Å². The second kappa shape index (κ2) is 7.08. The third-order valence-corrected chi connectivity index (χ3v) is 4.76. The smallest absolute Gasteiger partial charge is 0.228 e. The zero-order chi connectivity index (χ0) is 16.2. The minimum absolute atomic E-state index is 0.112. The lowest BCUT2D eigenvalue weighted by atomic mass is 10.1. The van der Waals surface area contributed by atoms with Crippen LogP contribution in [0.3, 0.4) is 0 Å². The molecule has 6 nitrogen and oxygen atoms in total. The first-order chi connectivity index (χ1) is 11.2. The molecule has 3 rings (SSSR count). The van der Waals surface area contributed by atoms with Gasteiger partial charge in [-0.15, -0.1) is 0 Å². The summed E-state index contributed by atoms with van der Waals surface area (Å²) in [6.45, 7) is 7.36. The number of piperazine rings is 1. The summed E-state index contributed by atoms with van der Waals surface area (Å²) < 4.78 is 0. The van der Waals surface area contributed by atoms with Gasteiger partial charge in [-0.2, -0.15) is 0 Å². The first-order valence-corrected chi connectivity index (χ1v) is 8.35. The molecule has 0 bridgehead atoms. The first-order valence-electron chi connectivity index (χ1n) is 8.35. The van der Waals surface area contributed by atoms with E-state index in [1.54, 1.807) is 11.1 Å². The average Bonchev–Trinajstić information content (AvgIpc) is 2.97. The Balaban J connectivity index is 1.49. The Morgan fingerprint density at radius 3 is 2.70 bits per heavy atom. The molecule has 2 aliphatic heterocycles. The summed E-state index contributed by atoms with van der Waals surface area (Å²) in [5, 5.41) is 0. The van der Waals surface area contributed by atoms with Gasteiger partial charge in [-0.3, -0.25) is 19.5 Å². The molecular formula is C17H24N4O2. The number of amides is 2. The van der Waals surface area contributed by atoms with Crippen molar-refractivity contribution < 1.29 is 9.59 Å².